The van der Waals surface area contributed by atoms with E-state index in [1.165, 1.54) is 16.0 Å². The van der Waals surface area contributed by atoms with Gasteiger partial charge in [0.1, 0.15) is 0 Å². The molecule has 0 fully saturated rings. The van der Waals surface area contributed by atoms with Crippen molar-refractivity contribution in [1.29, 1.82) is 0 Å². The molecule has 8 nitrogen and oxygen atoms in total. The number of rotatable bonds is 13. The van der Waals surface area contributed by atoms with Crippen molar-refractivity contribution in [2.24, 2.45) is 0 Å². The second kappa shape index (κ2) is 13.8. The first kappa shape index (κ1) is 29.1. The highest BCUT2D eigenvalue weighted by Gasteiger charge is 2.30. The third-order valence-corrected chi connectivity index (χ3v) is 5.88. The number of carbonyl (C=O) groups excluding carboxylic acids is 3. The average Bonchev–Trinajstić information content (AvgIpc) is 3.24. The van der Waals surface area contributed by atoms with Crippen LogP contribution in [-0.2, 0) is 36.9 Å². The highest BCUT2D eigenvalue weighted by molar-refractivity contribution is 5.86. The predicted molar refractivity (Wildman–Crippen MR) is 139 cm³/mol. The Hall–Kier alpha value is -3.13. The Morgan fingerprint density at radius 2 is 1.78 bits per heavy atom. The van der Waals surface area contributed by atoms with E-state index in [1.54, 1.807) is 18.9 Å². The van der Waals surface area contributed by atoms with Gasteiger partial charge in [-0.15, -0.1) is 0 Å². The number of methoxy groups -OCH3 is 1. The van der Waals surface area contributed by atoms with Crippen molar-refractivity contribution in [3.8, 4) is 0 Å². The van der Waals surface area contributed by atoms with Crippen molar-refractivity contribution in [3.63, 3.8) is 0 Å². The Morgan fingerprint density at radius 1 is 1.03 bits per heavy atom. The summed E-state index contributed by atoms with van der Waals surface area (Å²) in [5.41, 5.74) is 2.95. The molecule has 36 heavy (non-hydrogen) atoms. The van der Waals surface area contributed by atoms with E-state index < -0.39 is 11.5 Å². The molecule has 0 bridgehead atoms. The van der Waals surface area contributed by atoms with E-state index in [1.807, 2.05) is 45.2 Å². The van der Waals surface area contributed by atoms with Gasteiger partial charge >= 0.3 is 5.97 Å². The number of aromatic nitrogens is 1. The Kier molecular flexibility index (Phi) is 11.2. The molecule has 198 valence electrons. The Bertz CT molecular complexity index is 1010. The summed E-state index contributed by atoms with van der Waals surface area (Å²) in [7, 11) is 1.55. The Morgan fingerprint density at radius 3 is 2.42 bits per heavy atom. The molecule has 8 heteroatoms. The van der Waals surface area contributed by atoms with E-state index in [0.29, 0.717) is 19.7 Å². The fourth-order valence-electron chi connectivity index (χ4n) is 3.96. The standard InChI is InChI=1S/C28H41N3O5/c1-7-36-27(34)14-13-25(32)30(16-17-35-6)21-26(33)31(28(3,4)5)20-24-12-9-15-29(24)19-23-11-8-10-22(2)18-23/h8-12,15,18H,7,13-14,16-17,19-21H2,1-6H3. The lowest BCUT2D eigenvalue weighted by atomic mass is 10.1. The predicted octanol–water partition coefficient (Wildman–Crippen LogP) is 3.79. The fraction of sp³-hybridized carbons (Fsp3) is 0.536. The fourth-order valence-corrected chi connectivity index (χ4v) is 3.96. The van der Waals surface area contributed by atoms with Crippen LogP contribution < -0.4 is 0 Å². The SMILES string of the molecule is CCOC(=O)CCC(=O)N(CCOC)CC(=O)N(Cc1cccn1Cc1cccc(C)c1)C(C)(C)C. The number of amides is 2. The van der Waals surface area contributed by atoms with Crippen LogP contribution in [0.15, 0.2) is 42.6 Å². The maximum absolute atomic E-state index is 13.5. The van der Waals surface area contributed by atoms with Crippen LogP contribution in [0.1, 0.15) is 57.4 Å². The monoisotopic (exact) mass is 499 g/mol. The first-order valence-electron chi connectivity index (χ1n) is 12.5. The highest BCUT2D eigenvalue weighted by atomic mass is 16.5. The molecule has 1 heterocycles. The van der Waals surface area contributed by atoms with Gasteiger partial charge in [-0.05, 0) is 52.3 Å². The number of hydrogen-bond donors (Lipinski definition) is 0. The molecule has 0 saturated carbocycles. The van der Waals surface area contributed by atoms with Crippen LogP contribution in [0.4, 0.5) is 0 Å². The van der Waals surface area contributed by atoms with Crippen LogP contribution in [0.25, 0.3) is 0 Å². The zero-order valence-corrected chi connectivity index (χ0v) is 22.6. The van der Waals surface area contributed by atoms with Crippen molar-refractivity contribution < 1.29 is 23.9 Å². The molecule has 0 saturated heterocycles. The summed E-state index contributed by atoms with van der Waals surface area (Å²) in [5.74, 6) is -0.855. The largest absolute Gasteiger partial charge is 0.466 e. The van der Waals surface area contributed by atoms with Gasteiger partial charge in [-0.25, -0.2) is 0 Å². The molecule has 0 spiro atoms. The third-order valence-electron chi connectivity index (χ3n) is 5.88. The number of nitrogens with zero attached hydrogens (tertiary/aromatic N) is 3. The molecule has 0 unspecified atom stereocenters. The number of hydrogen-bond acceptors (Lipinski definition) is 5. The molecule has 2 aromatic rings. The van der Waals surface area contributed by atoms with E-state index in [0.717, 1.165) is 5.69 Å². The molecule has 0 aliphatic heterocycles. The molecule has 2 amide bonds. The smallest absolute Gasteiger partial charge is 0.306 e. The molecule has 1 aromatic heterocycles. The van der Waals surface area contributed by atoms with Gasteiger partial charge in [0.15, 0.2) is 0 Å². The number of ether oxygens (including phenoxy) is 2. The van der Waals surface area contributed by atoms with Crippen molar-refractivity contribution in [3.05, 3.63) is 59.4 Å². The summed E-state index contributed by atoms with van der Waals surface area (Å²) < 4.78 is 12.2. The second-order valence-corrected chi connectivity index (χ2v) is 9.88. The van der Waals surface area contributed by atoms with Crippen LogP contribution in [-0.4, -0.2) is 71.1 Å². The molecular formula is C28H41N3O5. The van der Waals surface area contributed by atoms with Crippen LogP contribution in [0.3, 0.4) is 0 Å². The van der Waals surface area contributed by atoms with Gasteiger partial charge in [-0.1, -0.05) is 29.8 Å². The minimum atomic E-state index is -0.462. The molecule has 2 rings (SSSR count). The second-order valence-electron chi connectivity index (χ2n) is 9.88. The summed E-state index contributed by atoms with van der Waals surface area (Å²) in [6.07, 6.45) is 2.00. The number of aryl methyl sites for hydroxylation is 1. The van der Waals surface area contributed by atoms with E-state index in [-0.39, 0.29) is 44.4 Å². The van der Waals surface area contributed by atoms with Gasteiger partial charge in [-0.2, -0.15) is 0 Å². The van der Waals surface area contributed by atoms with Gasteiger partial charge < -0.3 is 23.8 Å². The lowest BCUT2D eigenvalue weighted by molar-refractivity contribution is -0.147. The minimum Gasteiger partial charge on any atom is -0.466 e. The maximum Gasteiger partial charge on any atom is 0.306 e. The number of benzene rings is 1. The summed E-state index contributed by atoms with van der Waals surface area (Å²) >= 11 is 0. The highest BCUT2D eigenvalue weighted by Crippen LogP contribution is 2.20. The topological polar surface area (TPSA) is 81.1 Å². The summed E-state index contributed by atoms with van der Waals surface area (Å²) in [4.78, 5) is 41.4. The lowest BCUT2D eigenvalue weighted by Crippen LogP contribution is -2.50. The van der Waals surface area contributed by atoms with E-state index in [9.17, 15) is 14.4 Å². The molecule has 0 aliphatic rings. The molecule has 0 N–H and O–H groups in total. The molecule has 0 atom stereocenters. The van der Waals surface area contributed by atoms with Crippen LogP contribution in [0, 0.1) is 6.92 Å². The van der Waals surface area contributed by atoms with Crippen LogP contribution in [0.2, 0.25) is 0 Å². The maximum atomic E-state index is 13.5. The Labute approximate surface area is 215 Å². The number of carbonyl (C=O) groups is 3. The molecule has 0 radical (unpaired) electrons. The summed E-state index contributed by atoms with van der Waals surface area (Å²) in [5, 5.41) is 0. The van der Waals surface area contributed by atoms with Crippen molar-refractivity contribution in [1.82, 2.24) is 14.4 Å². The third kappa shape index (κ3) is 9.15. The van der Waals surface area contributed by atoms with Crippen LogP contribution >= 0.6 is 0 Å². The quantitative estimate of drug-likeness (QED) is 0.392. The Balaban J connectivity index is 2.16. The van der Waals surface area contributed by atoms with E-state index in [4.69, 9.17) is 9.47 Å². The van der Waals surface area contributed by atoms with Gasteiger partial charge in [0.05, 0.1) is 32.7 Å². The van der Waals surface area contributed by atoms with Gasteiger partial charge in [0, 0.05) is 44.0 Å². The number of esters is 1. The van der Waals surface area contributed by atoms with Gasteiger partial charge in [0.2, 0.25) is 11.8 Å². The summed E-state index contributed by atoms with van der Waals surface area (Å²) in [6, 6.07) is 12.4. The lowest BCUT2D eigenvalue weighted by Gasteiger charge is -2.37. The van der Waals surface area contributed by atoms with E-state index >= 15 is 0 Å². The average molecular weight is 500 g/mol. The van der Waals surface area contributed by atoms with Crippen molar-refractivity contribution in [2.45, 2.75) is 66.1 Å². The normalized spacial score (nSPS) is 11.3. The van der Waals surface area contributed by atoms with E-state index in [2.05, 4.69) is 29.7 Å². The zero-order valence-electron chi connectivity index (χ0n) is 22.6. The van der Waals surface area contributed by atoms with Crippen molar-refractivity contribution >= 4 is 17.8 Å². The van der Waals surface area contributed by atoms with Gasteiger partial charge in [0.25, 0.3) is 0 Å². The summed E-state index contributed by atoms with van der Waals surface area (Å²) in [6.45, 7) is 11.6. The molecule has 1 aromatic carbocycles. The zero-order chi connectivity index (χ0) is 26.7. The molecular weight excluding hydrogens is 458 g/mol. The first-order chi connectivity index (χ1) is 17.0. The van der Waals surface area contributed by atoms with Crippen molar-refractivity contribution in [2.75, 3.05) is 33.4 Å². The first-order valence-corrected chi connectivity index (χ1v) is 12.5. The minimum absolute atomic E-state index is 0.00924. The van der Waals surface area contributed by atoms with Gasteiger partial charge in [-0.3, -0.25) is 14.4 Å². The van der Waals surface area contributed by atoms with Crippen LogP contribution in [0.5, 0.6) is 0 Å². The molecule has 0 aliphatic carbocycles.